The zero-order valence-electron chi connectivity index (χ0n) is 38.2. The zero-order chi connectivity index (χ0) is 42.9. The first kappa shape index (κ1) is 43.3. The maximum absolute atomic E-state index is 14.4. The van der Waals surface area contributed by atoms with Crippen LogP contribution in [0.5, 0.6) is 0 Å². The fraction of sp³-hybridized carbons (Fsp3) is 0.816. The highest BCUT2D eigenvalue weighted by Crippen LogP contribution is 2.77. The minimum atomic E-state index is -0.972. The van der Waals surface area contributed by atoms with Crippen molar-refractivity contribution in [3.63, 3.8) is 0 Å². The third-order valence-corrected chi connectivity index (χ3v) is 18.2. The summed E-state index contributed by atoms with van der Waals surface area (Å²) in [5.41, 5.74) is 0.491. The Morgan fingerprint density at radius 3 is 2.20 bits per heavy atom. The van der Waals surface area contributed by atoms with E-state index in [4.69, 9.17) is 25.8 Å². The number of hydrogen-bond donors (Lipinski definition) is 0. The second-order valence-electron chi connectivity index (χ2n) is 23.5. The van der Waals surface area contributed by atoms with Crippen molar-refractivity contribution in [3.8, 4) is 0 Å². The van der Waals surface area contributed by atoms with E-state index < -0.39 is 11.0 Å². The van der Waals surface area contributed by atoms with Crippen LogP contribution < -0.4 is 0 Å². The van der Waals surface area contributed by atoms with Crippen molar-refractivity contribution in [3.05, 3.63) is 34.4 Å². The summed E-state index contributed by atoms with van der Waals surface area (Å²) in [6.45, 7) is 27.3. The van der Waals surface area contributed by atoms with Crippen LogP contribution in [0.15, 0.2) is 23.5 Å². The molecule has 6 aliphatic carbocycles. The van der Waals surface area contributed by atoms with Crippen molar-refractivity contribution in [2.45, 2.75) is 183 Å². The van der Waals surface area contributed by atoms with E-state index in [1.807, 2.05) is 20.8 Å². The number of ether oxygens (including phenoxy) is 3. The molecule has 9 unspecified atom stereocenters. The maximum Gasteiger partial charge on any atom is 0.312 e. The third-order valence-electron chi connectivity index (χ3n) is 18.0. The number of allylic oxidation sites excluding steroid dienone is 1. The molecule has 0 amide bonds. The maximum atomic E-state index is 14.4. The smallest absolute Gasteiger partial charge is 0.312 e. The molecule has 0 spiro atoms. The van der Waals surface area contributed by atoms with Crippen LogP contribution in [0.25, 0.3) is 0 Å². The Morgan fingerprint density at radius 2 is 1.58 bits per heavy atom. The van der Waals surface area contributed by atoms with Gasteiger partial charge in [0.25, 0.3) is 0 Å². The molecule has 1 saturated heterocycles. The highest BCUT2D eigenvalue weighted by atomic mass is 35.5. The van der Waals surface area contributed by atoms with Gasteiger partial charge < -0.3 is 14.2 Å². The summed E-state index contributed by atoms with van der Waals surface area (Å²) in [7, 11) is 0. The van der Waals surface area contributed by atoms with Crippen LogP contribution in [0.2, 0.25) is 5.02 Å². The lowest BCUT2D eigenvalue weighted by atomic mass is 9.33. The molecule has 7 aliphatic rings. The average molecular weight is 835 g/mol. The average Bonchev–Trinajstić information content (AvgIpc) is 3.64. The topological polar surface area (TPSA) is 108 Å². The first-order valence-electron chi connectivity index (χ1n) is 22.9. The number of esters is 2. The number of Topliss-reactive ketones (excluding diaryl/α,β-unsaturated/α-hetero) is 1. The van der Waals surface area contributed by atoms with E-state index in [-0.39, 0.29) is 69.1 Å². The van der Waals surface area contributed by atoms with Gasteiger partial charge in [-0.15, -0.1) is 0 Å². The second-order valence-corrected chi connectivity index (χ2v) is 24.0. The number of nitrogens with zero attached hydrogens (tertiary/aromatic N) is 3. The van der Waals surface area contributed by atoms with Crippen LogP contribution in [0.3, 0.4) is 0 Å². The summed E-state index contributed by atoms with van der Waals surface area (Å²) in [6.07, 6.45) is 14.1. The minimum Gasteiger partial charge on any atom is -0.462 e. The Morgan fingerprint density at radius 1 is 0.898 bits per heavy atom. The summed E-state index contributed by atoms with van der Waals surface area (Å²) < 4.78 is 18.9. The lowest BCUT2D eigenvalue weighted by Gasteiger charge is -2.72. The number of aromatic nitrogens is 2. The van der Waals surface area contributed by atoms with Gasteiger partial charge in [-0.05, 0) is 144 Å². The second kappa shape index (κ2) is 14.1. The number of ketones is 1. The first-order chi connectivity index (χ1) is 27.3. The quantitative estimate of drug-likeness (QED) is 0.237. The van der Waals surface area contributed by atoms with E-state index in [1.165, 1.54) is 5.57 Å². The zero-order valence-corrected chi connectivity index (χ0v) is 38.9. The Labute approximate surface area is 358 Å². The van der Waals surface area contributed by atoms with Crippen molar-refractivity contribution in [2.24, 2.45) is 56.2 Å². The van der Waals surface area contributed by atoms with Crippen molar-refractivity contribution in [2.75, 3.05) is 13.3 Å². The molecule has 8 rings (SSSR count). The summed E-state index contributed by atoms with van der Waals surface area (Å²) >= 11 is 6.19. The van der Waals surface area contributed by atoms with Crippen molar-refractivity contribution in [1.82, 2.24) is 14.9 Å². The number of carbonyl (C=O) groups excluding carboxylic acids is 3. The van der Waals surface area contributed by atoms with E-state index in [2.05, 4.69) is 63.3 Å². The van der Waals surface area contributed by atoms with Gasteiger partial charge >= 0.3 is 11.9 Å². The normalized spacial score (nSPS) is 38.9. The van der Waals surface area contributed by atoms with Gasteiger partial charge in [0.15, 0.2) is 5.78 Å². The fourth-order valence-electron chi connectivity index (χ4n) is 14.8. The Balaban J connectivity index is 1.03. The van der Waals surface area contributed by atoms with Crippen molar-refractivity contribution < 1.29 is 28.6 Å². The van der Waals surface area contributed by atoms with Gasteiger partial charge in [0.1, 0.15) is 24.3 Å². The standard InChI is InChI=1S/C49H72ClN3O6/c1-29(2)38-32(54)23-48(36-27-53(28-57-36)49(21-22-49)40-51-25-30(50)26-52-40)20-19-46(11)31(39(38)48)13-14-34-45(10)17-16-35(44(8,9)33(45)15-18-47(34,46)12)58-37(55)24-43(6,7)41(56)59-42(3,4)5/h25-26,29,31,33-36H,13-24,27-28H2,1-12H3. The van der Waals surface area contributed by atoms with Crippen LogP contribution in [0.1, 0.15) is 166 Å². The number of carbonyl (C=O) groups is 3. The fourth-order valence-corrected chi connectivity index (χ4v) is 14.9. The number of hydrogen-bond acceptors (Lipinski definition) is 9. The largest absolute Gasteiger partial charge is 0.462 e. The Bertz CT molecular complexity index is 1910. The monoisotopic (exact) mass is 834 g/mol. The molecule has 9 atom stereocenters. The van der Waals surface area contributed by atoms with Crippen molar-refractivity contribution >= 4 is 29.3 Å². The molecule has 2 heterocycles. The number of rotatable bonds is 8. The molecule has 59 heavy (non-hydrogen) atoms. The van der Waals surface area contributed by atoms with Crippen LogP contribution in [-0.4, -0.2) is 63.7 Å². The molecule has 1 aliphatic heterocycles. The number of fused-ring (bicyclic) bond motifs is 7. The minimum absolute atomic E-state index is 0.00333. The molecule has 326 valence electrons. The highest BCUT2D eigenvalue weighted by molar-refractivity contribution is 6.30. The molecular weight excluding hydrogens is 762 g/mol. The molecule has 5 saturated carbocycles. The van der Waals surface area contributed by atoms with E-state index in [0.29, 0.717) is 41.7 Å². The predicted molar refractivity (Wildman–Crippen MR) is 228 cm³/mol. The van der Waals surface area contributed by atoms with Gasteiger partial charge in [0.05, 0.1) is 28.5 Å². The molecule has 0 radical (unpaired) electrons. The van der Waals surface area contributed by atoms with Gasteiger partial charge in [-0.3, -0.25) is 19.3 Å². The van der Waals surface area contributed by atoms with Crippen LogP contribution in [0, 0.1) is 56.2 Å². The molecule has 6 fully saturated rings. The molecular formula is C49H72ClN3O6. The third kappa shape index (κ3) is 6.61. The molecule has 0 bridgehead atoms. The van der Waals surface area contributed by atoms with E-state index in [0.717, 1.165) is 82.2 Å². The molecule has 0 aromatic carbocycles. The van der Waals surface area contributed by atoms with Crippen LogP contribution in [0.4, 0.5) is 0 Å². The molecule has 1 aromatic rings. The lowest BCUT2D eigenvalue weighted by Crippen LogP contribution is -2.66. The summed E-state index contributed by atoms with van der Waals surface area (Å²) in [6, 6.07) is 0. The summed E-state index contributed by atoms with van der Waals surface area (Å²) in [5.74, 6) is 1.91. The molecule has 9 nitrogen and oxygen atoms in total. The molecule has 1 aromatic heterocycles. The van der Waals surface area contributed by atoms with Gasteiger partial charge in [0, 0.05) is 36.2 Å². The van der Waals surface area contributed by atoms with Gasteiger partial charge in [-0.2, -0.15) is 0 Å². The summed E-state index contributed by atoms with van der Waals surface area (Å²) in [4.78, 5) is 52.8. The highest BCUT2D eigenvalue weighted by Gasteiger charge is 2.71. The summed E-state index contributed by atoms with van der Waals surface area (Å²) in [5, 5.41) is 0.547. The lowest BCUT2D eigenvalue weighted by molar-refractivity contribution is -0.235. The Kier molecular flexibility index (Phi) is 10.3. The Hall–Kier alpha value is -2.36. The first-order valence-corrected chi connectivity index (χ1v) is 23.3. The molecule has 0 N–H and O–H groups in total. The van der Waals surface area contributed by atoms with Gasteiger partial charge in [0.2, 0.25) is 0 Å². The van der Waals surface area contributed by atoms with E-state index >= 15 is 0 Å². The van der Waals surface area contributed by atoms with Crippen LogP contribution >= 0.6 is 11.6 Å². The SMILES string of the molecule is CC(C)C1=C2C3CCC4C5(C)CCC(OC(=O)CC(C)(C)C(=O)OC(C)(C)C)C(C)(C)C5CCC4(C)C3(C)CCC2(C2CN(C3(c4ncc(Cl)cn4)CC3)CO2)CC1=O. The van der Waals surface area contributed by atoms with Gasteiger partial charge in [-0.1, -0.05) is 65.6 Å². The van der Waals surface area contributed by atoms with E-state index in [9.17, 15) is 14.4 Å². The van der Waals surface area contributed by atoms with Crippen molar-refractivity contribution in [1.29, 1.82) is 0 Å². The van der Waals surface area contributed by atoms with Crippen LogP contribution in [-0.2, 0) is 34.1 Å². The van der Waals surface area contributed by atoms with Gasteiger partial charge in [-0.25, -0.2) is 9.97 Å². The number of halogens is 1. The predicted octanol–water partition coefficient (Wildman–Crippen LogP) is 10.4. The molecule has 10 heteroatoms. The van der Waals surface area contributed by atoms with E-state index in [1.54, 1.807) is 26.2 Å².